The number of piperidine rings is 1. The maximum absolute atomic E-state index is 2.94. The van der Waals surface area contributed by atoms with Crippen molar-refractivity contribution in [2.75, 3.05) is 19.6 Å². The third-order valence-corrected chi connectivity index (χ3v) is 5.85. The molecule has 0 aromatic heterocycles. The molecule has 1 saturated carbocycles. The van der Waals surface area contributed by atoms with Crippen LogP contribution >= 0.6 is 0 Å². The van der Waals surface area contributed by atoms with Crippen molar-refractivity contribution in [1.82, 2.24) is 9.80 Å². The van der Waals surface area contributed by atoms with E-state index < -0.39 is 0 Å². The van der Waals surface area contributed by atoms with Crippen LogP contribution in [-0.4, -0.2) is 47.6 Å². The van der Waals surface area contributed by atoms with Crippen molar-refractivity contribution in [2.45, 2.75) is 89.3 Å². The van der Waals surface area contributed by atoms with Gasteiger partial charge in [0.2, 0.25) is 0 Å². The van der Waals surface area contributed by atoms with Crippen LogP contribution < -0.4 is 0 Å². The predicted octanol–water partition coefficient (Wildman–Crippen LogP) is 3.66. The molecule has 2 heterocycles. The number of piperazine rings is 1. The van der Waals surface area contributed by atoms with E-state index in [1.165, 1.54) is 83.8 Å². The molecular formula is C17H32N2. The summed E-state index contributed by atoms with van der Waals surface area (Å²) in [7, 11) is 0. The van der Waals surface area contributed by atoms with Crippen molar-refractivity contribution in [3.05, 3.63) is 0 Å². The summed E-state index contributed by atoms with van der Waals surface area (Å²) in [5, 5.41) is 0. The van der Waals surface area contributed by atoms with Gasteiger partial charge in [0.15, 0.2) is 0 Å². The Labute approximate surface area is 119 Å². The Balaban J connectivity index is 1.67. The second-order valence-corrected chi connectivity index (χ2v) is 7.05. The molecule has 0 aromatic carbocycles. The smallest absolute Gasteiger partial charge is 0.0224 e. The maximum Gasteiger partial charge on any atom is 0.0224 e. The first-order valence-electron chi connectivity index (χ1n) is 8.88. The summed E-state index contributed by atoms with van der Waals surface area (Å²) in [6.07, 6.45) is 14.6. The van der Waals surface area contributed by atoms with Gasteiger partial charge in [0, 0.05) is 31.2 Å². The molecule has 0 radical (unpaired) electrons. The van der Waals surface area contributed by atoms with E-state index in [1.54, 1.807) is 0 Å². The van der Waals surface area contributed by atoms with Gasteiger partial charge < -0.3 is 0 Å². The second kappa shape index (κ2) is 6.58. The lowest BCUT2D eigenvalue weighted by molar-refractivity contribution is -0.0186. The molecule has 1 aliphatic carbocycles. The van der Waals surface area contributed by atoms with E-state index in [1.807, 2.05) is 0 Å². The summed E-state index contributed by atoms with van der Waals surface area (Å²) in [5.74, 6) is 0. The lowest BCUT2D eigenvalue weighted by Crippen LogP contribution is -2.61. The Morgan fingerprint density at radius 2 is 1.47 bits per heavy atom. The first-order valence-corrected chi connectivity index (χ1v) is 8.88. The van der Waals surface area contributed by atoms with Gasteiger partial charge in [0.25, 0.3) is 0 Å². The van der Waals surface area contributed by atoms with Crippen LogP contribution in [0.4, 0.5) is 0 Å². The fourth-order valence-corrected chi connectivity index (χ4v) is 4.68. The zero-order chi connectivity index (χ0) is 13.1. The maximum atomic E-state index is 2.94. The third-order valence-electron chi connectivity index (χ3n) is 5.85. The molecule has 2 aliphatic heterocycles. The Morgan fingerprint density at radius 3 is 2.21 bits per heavy atom. The highest BCUT2D eigenvalue weighted by Crippen LogP contribution is 2.30. The quantitative estimate of drug-likeness (QED) is 0.702. The molecule has 2 saturated heterocycles. The SMILES string of the molecule is CCC1CN2CCCCC2CN1C1CCCCCC1. The van der Waals surface area contributed by atoms with Crippen molar-refractivity contribution in [3.63, 3.8) is 0 Å². The first kappa shape index (κ1) is 13.9. The third kappa shape index (κ3) is 3.16. The van der Waals surface area contributed by atoms with E-state index in [0.717, 1.165) is 18.1 Å². The van der Waals surface area contributed by atoms with Gasteiger partial charge in [-0.2, -0.15) is 0 Å². The van der Waals surface area contributed by atoms with Gasteiger partial charge in [0.05, 0.1) is 0 Å². The van der Waals surface area contributed by atoms with Crippen LogP contribution in [0.5, 0.6) is 0 Å². The van der Waals surface area contributed by atoms with Crippen LogP contribution in [0, 0.1) is 0 Å². The van der Waals surface area contributed by atoms with E-state index in [2.05, 4.69) is 16.7 Å². The monoisotopic (exact) mass is 264 g/mol. The second-order valence-electron chi connectivity index (χ2n) is 7.05. The minimum atomic E-state index is 0.845. The van der Waals surface area contributed by atoms with E-state index >= 15 is 0 Å². The minimum Gasteiger partial charge on any atom is -0.298 e. The Hall–Kier alpha value is -0.0800. The fourth-order valence-electron chi connectivity index (χ4n) is 4.68. The average Bonchev–Trinajstić information content (AvgIpc) is 2.74. The van der Waals surface area contributed by atoms with Crippen LogP contribution in [-0.2, 0) is 0 Å². The van der Waals surface area contributed by atoms with Gasteiger partial charge in [-0.05, 0) is 38.6 Å². The van der Waals surface area contributed by atoms with Crippen LogP contribution in [0.2, 0.25) is 0 Å². The van der Waals surface area contributed by atoms with Gasteiger partial charge in [-0.1, -0.05) is 39.0 Å². The lowest BCUT2D eigenvalue weighted by Gasteiger charge is -2.51. The normalized spacial score (nSPS) is 35.8. The molecule has 110 valence electrons. The van der Waals surface area contributed by atoms with E-state index in [-0.39, 0.29) is 0 Å². The summed E-state index contributed by atoms with van der Waals surface area (Å²) in [6, 6.07) is 2.65. The average molecular weight is 264 g/mol. The van der Waals surface area contributed by atoms with Gasteiger partial charge >= 0.3 is 0 Å². The molecule has 0 spiro atoms. The van der Waals surface area contributed by atoms with Crippen molar-refractivity contribution in [1.29, 1.82) is 0 Å². The number of hydrogen-bond donors (Lipinski definition) is 0. The van der Waals surface area contributed by atoms with Crippen molar-refractivity contribution in [3.8, 4) is 0 Å². The van der Waals surface area contributed by atoms with E-state index in [0.29, 0.717) is 0 Å². The number of hydrogen-bond acceptors (Lipinski definition) is 2. The topological polar surface area (TPSA) is 6.48 Å². The summed E-state index contributed by atoms with van der Waals surface area (Å²) < 4.78 is 0. The molecule has 3 aliphatic rings. The summed E-state index contributed by atoms with van der Waals surface area (Å²) >= 11 is 0. The standard InChI is InChI=1S/C17H32N2/c1-2-15-13-18-12-8-7-11-17(18)14-19(15)16-9-5-3-4-6-10-16/h15-17H,2-14H2,1H3. The first-order chi connectivity index (χ1) is 9.38. The number of nitrogens with zero attached hydrogens (tertiary/aromatic N) is 2. The van der Waals surface area contributed by atoms with Crippen LogP contribution in [0.25, 0.3) is 0 Å². The molecule has 0 bridgehead atoms. The van der Waals surface area contributed by atoms with Crippen LogP contribution in [0.3, 0.4) is 0 Å². The molecule has 3 rings (SSSR count). The van der Waals surface area contributed by atoms with Crippen molar-refractivity contribution < 1.29 is 0 Å². The summed E-state index contributed by atoms with van der Waals surface area (Å²) in [5.41, 5.74) is 0. The van der Waals surface area contributed by atoms with Gasteiger partial charge in [-0.25, -0.2) is 0 Å². The zero-order valence-electron chi connectivity index (χ0n) is 12.8. The van der Waals surface area contributed by atoms with Gasteiger partial charge in [0.1, 0.15) is 0 Å². The fraction of sp³-hybridized carbons (Fsp3) is 1.00. The largest absolute Gasteiger partial charge is 0.298 e. The molecule has 0 amide bonds. The molecule has 2 atom stereocenters. The van der Waals surface area contributed by atoms with Crippen LogP contribution in [0.15, 0.2) is 0 Å². The number of rotatable bonds is 2. The van der Waals surface area contributed by atoms with Gasteiger partial charge in [-0.15, -0.1) is 0 Å². The Kier molecular flexibility index (Phi) is 4.81. The highest BCUT2D eigenvalue weighted by Gasteiger charge is 2.37. The summed E-state index contributed by atoms with van der Waals surface area (Å²) in [6.45, 7) is 6.51. The molecule has 0 aromatic rings. The Bertz CT molecular complexity index is 270. The molecule has 3 fully saturated rings. The Morgan fingerprint density at radius 1 is 0.789 bits per heavy atom. The minimum absolute atomic E-state index is 0.845. The highest BCUT2D eigenvalue weighted by molar-refractivity contribution is 4.93. The van der Waals surface area contributed by atoms with Crippen molar-refractivity contribution in [2.24, 2.45) is 0 Å². The molecule has 2 heteroatoms. The van der Waals surface area contributed by atoms with E-state index in [4.69, 9.17) is 0 Å². The highest BCUT2D eigenvalue weighted by atomic mass is 15.3. The van der Waals surface area contributed by atoms with Gasteiger partial charge in [-0.3, -0.25) is 9.80 Å². The number of fused-ring (bicyclic) bond motifs is 1. The lowest BCUT2D eigenvalue weighted by atomic mass is 9.93. The van der Waals surface area contributed by atoms with Crippen LogP contribution in [0.1, 0.15) is 71.1 Å². The zero-order valence-corrected chi connectivity index (χ0v) is 12.8. The molecule has 2 nitrogen and oxygen atoms in total. The predicted molar refractivity (Wildman–Crippen MR) is 81.5 cm³/mol. The molecular weight excluding hydrogens is 232 g/mol. The van der Waals surface area contributed by atoms with Crippen molar-refractivity contribution >= 4 is 0 Å². The van der Waals surface area contributed by atoms with E-state index in [9.17, 15) is 0 Å². The molecule has 0 N–H and O–H groups in total. The summed E-state index contributed by atoms with van der Waals surface area (Å²) in [4.78, 5) is 5.75. The molecule has 2 unspecified atom stereocenters. The molecule has 19 heavy (non-hydrogen) atoms.